The minimum absolute atomic E-state index is 0.0175. The van der Waals surface area contributed by atoms with Crippen LogP contribution in [0.25, 0.3) is 11.3 Å². The van der Waals surface area contributed by atoms with Crippen molar-refractivity contribution >= 4 is 11.6 Å². The SMILES string of the molecule is Cc1ccccc1CC(=O)Nc1cccc(-c2cnc[nH]2)c1. The molecule has 1 aromatic heterocycles. The summed E-state index contributed by atoms with van der Waals surface area (Å²) >= 11 is 0. The van der Waals surface area contributed by atoms with E-state index in [1.807, 2.05) is 55.5 Å². The Morgan fingerprint density at radius 2 is 2.05 bits per heavy atom. The van der Waals surface area contributed by atoms with Gasteiger partial charge in [0.05, 0.1) is 24.6 Å². The summed E-state index contributed by atoms with van der Waals surface area (Å²) in [7, 11) is 0. The molecule has 2 N–H and O–H groups in total. The van der Waals surface area contributed by atoms with E-state index in [0.717, 1.165) is 28.1 Å². The van der Waals surface area contributed by atoms with Gasteiger partial charge in [0.1, 0.15) is 0 Å². The molecule has 0 aliphatic rings. The number of benzene rings is 2. The second-order valence-corrected chi connectivity index (χ2v) is 5.20. The topological polar surface area (TPSA) is 57.8 Å². The van der Waals surface area contributed by atoms with Crippen LogP contribution in [0, 0.1) is 6.92 Å². The molecule has 110 valence electrons. The number of H-pyrrole nitrogens is 1. The third-order valence-electron chi connectivity index (χ3n) is 3.57. The van der Waals surface area contributed by atoms with Gasteiger partial charge in [0, 0.05) is 11.3 Å². The maximum atomic E-state index is 12.2. The van der Waals surface area contributed by atoms with E-state index < -0.39 is 0 Å². The summed E-state index contributed by atoms with van der Waals surface area (Å²) in [5.41, 5.74) is 4.88. The van der Waals surface area contributed by atoms with Crippen molar-refractivity contribution in [3.05, 3.63) is 72.2 Å². The molecular weight excluding hydrogens is 274 g/mol. The Hall–Kier alpha value is -2.88. The molecule has 0 bridgehead atoms. The first-order valence-corrected chi connectivity index (χ1v) is 7.15. The van der Waals surface area contributed by atoms with Crippen LogP contribution in [-0.4, -0.2) is 15.9 Å². The highest BCUT2D eigenvalue weighted by Crippen LogP contribution is 2.20. The van der Waals surface area contributed by atoms with Gasteiger partial charge in [0.15, 0.2) is 0 Å². The van der Waals surface area contributed by atoms with Gasteiger partial charge in [-0.2, -0.15) is 0 Å². The molecule has 0 saturated carbocycles. The Balaban J connectivity index is 1.72. The summed E-state index contributed by atoms with van der Waals surface area (Å²) < 4.78 is 0. The predicted molar refractivity (Wildman–Crippen MR) is 87.5 cm³/mol. The number of aromatic nitrogens is 2. The molecule has 0 fully saturated rings. The number of imidazole rings is 1. The van der Waals surface area contributed by atoms with Crippen molar-refractivity contribution in [1.29, 1.82) is 0 Å². The molecule has 0 radical (unpaired) electrons. The molecule has 0 spiro atoms. The van der Waals surface area contributed by atoms with E-state index in [9.17, 15) is 4.79 Å². The second kappa shape index (κ2) is 6.26. The summed E-state index contributed by atoms with van der Waals surface area (Å²) in [6.45, 7) is 2.02. The average Bonchev–Trinajstić information content (AvgIpc) is 3.04. The number of carbonyl (C=O) groups is 1. The Morgan fingerprint density at radius 3 is 2.82 bits per heavy atom. The molecule has 0 aliphatic heterocycles. The molecule has 1 amide bonds. The summed E-state index contributed by atoms with van der Waals surface area (Å²) in [5.74, 6) is -0.0175. The fraction of sp³-hybridized carbons (Fsp3) is 0.111. The van der Waals surface area contributed by atoms with Crippen molar-refractivity contribution in [2.45, 2.75) is 13.3 Å². The van der Waals surface area contributed by atoms with E-state index in [-0.39, 0.29) is 5.91 Å². The van der Waals surface area contributed by atoms with Crippen LogP contribution in [0.2, 0.25) is 0 Å². The molecule has 0 aliphatic carbocycles. The number of amides is 1. The summed E-state index contributed by atoms with van der Waals surface area (Å²) in [5, 5.41) is 2.95. The quantitative estimate of drug-likeness (QED) is 0.772. The Kier molecular flexibility index (Phi) is 4.01. The van der Waals surface area contributed by atoms with Crippen LogP contribution >= 0.6 is 0 Å². The molecule has 3 aromatic rings. The maximum absolute atomic E-state index is 12.2. The van der Waals surface area contributed by atoms with Gasteiger partial charge < -0.3 is 10.3 Å². The molecule has 4 nitrogen and oxygen atoms in total. The molecule has 4 heteroatoms. The normalized spacial score (nSPS) is 10.4. The van der Waals surface area contributed by atoms with E-state index in [1.54, 1.807) is 12.5 Å². The van der Waals surface area contributed by atoms with Gasteiger partial charge in [-0.3, -0.25) is 4.79 Å². The highest BCUT2D eigenvalue weighted by molar-refractivity contribution is 5.93. The van der Waals surface area contributed by atoms with Crippen LogP contribution in [0.15, 0.2) is 61.1 Å². The Bertz CT molecular complexity index is 779. The second-order valence-electron chi connectivity index (χ2n) is 5.20. The lowest BCUT2D eigenvalue weighted by Gasteiger charge is -2.08. The third kappa shape index (κ3) is 3.23. The predicted octanol–water partition coefficient (Wildman–Crippen LogP) is 3.57. The fourth-order valence-corrected chi connectivity index (χ4v) is 2.36. The van der Waals surface area contributed by atoms with Crippen LogP contribution in [0.4, 0.5) is 5.69 Å². The monoisotopic (exact) mass is 291 g/mol. The van der Waals surface area contributed by atoms with E-state index >= 15 is 0 Å². The highest BCUT2D eigenvalue weighted by Gasteiger charge is 2.07. The summed E-state index contributed by atoms with van der Waals surface area (Å²) in [6, 6.07) is 15.6. The number of nitrogens with zero attached hydrogens (tertiary/aromatic N) is 1. The van der Waals surface area contributed by atoms with Gasteiger partial charge in [-0.05, 0) is 30.2 Å². The van der Waals surface area contributed by atoms with E-state index in [1.165, 1.54) is 0 Å². The van der Waals surface area contributed by atoms with Crippen molar-refractivity contribution < 1.29 is 4.79 Å². The molecule has 22 heavy (non-hydrogen) atoms. The van der Waals surface area contributed by atoms with Crippen LogP contribution < -0.4 is 5.32 Å². The first-order chi connectivity index (χ1) is 10.7. The molecule has 3 rings (SSSR count). The first kappa shape index (κ1) is 14.1. The standard InChI is InChI=1S/C18H17N3O/c1-13-5-2-3-6-14(13)10-18(22)21-16-8-4-7-15(9-16)17-11-19-12-20-17/h2-9,11-12H,10H2,1H3,(H,19,20)(H,21,22). The highest BCUT2D eigenvalue weighted by atomic mass is 16.1. The molecular formula is C18H17N3O. The number of aromatic amines is 1. The van der Waals surface area contributed by atoms with Gasteiger partial charge in [0.25, 0.3) is 0 Å². The van der Waals surface area contributed by atoms with Gasteiger partial charge >= 0.3 is 0 Å². The van der Waals surface area contributed by atoms with Crippen LogP contribution in [0.5, 0.6) is 0 Å². The molecule has 0 unspecified atom stereocenters. The zero-order chi connectivity index (χ0) is 15.4. The number of nitrogens with one attached hydrogen (secondary N) is 2. The van der Waals surface area contributed by atoms with Gasteiger partial charge in [-0.25, -0.2) is 4.98 Å². The zero-order valence-electron chi connectivity index (χ0n) is 12.3. The van der Waals surface area contributed by atoms with E-state index in [4.69, 9.17) is 0 Å². The number of anilines is 1. The molecule has 0 saturated heterocycles. The van der Waals surface area contributed by atoms with Gasteiger partial charge in [0.2, 0.25) is 5.91 Å². The molecule has 2 aromatic carbocycles. The van der Waals surface area contributed by atoms with Crippen molar-refractivity contribution in [3.63, 3.8) is 0 Å². The lowest BCUT2D eigenvalue weighted by molar-refractivity contribution is -0.115. The van der Waals surface area contributed by atoms with Crippen molar-refractivity contribution in [2.24, 2.45) is 0 Å². The van der Waals surface area contributed by atoms with Crippen LogP contribution in [-0.2, 0) is 11.2 Å². The summed E-state index contributed by atoms with van der Waals surface area (Å²) in [6.07, 6.45) is 3.77. The Morgan fingerprint density at radius 1 is 1.18 bits per heavy atom. The largest absolute Gasteiger partial charge is 0.345 e. The van der Waals surface area contributed by atoms with Crippen molar-refractivity contribution in [2.75, 3.05) is 5.32 Å². The van der Waals surface area contributed by atoms with Crippen LogP contribution in [0.1, 0.15) is 11.1 Å². The number of hydrogen-bond acceptors (Lipinski definition) is 2. The lowest BCUT2D eigenvalue weighted by Crippen LogP contribution is -2.15. The van der Waals surface area contributed by atoms with Crippen molar-refractivity contribution in [1.82, 2.24) is 9.97 Å². The minimum Gasteiger partial charge on any atom is -0.345 e. The molecule has 1 heterocycles. The fourth-order valence-electron chi connectivity index (χ4n) is 2.36. The van der Waals surface area contributed by atoms with E-state index in [0.29, 0.717) is 6.42 Å². The number of rotatable bonds is 4. The zero-order valence-corrected chi connectivity index (χ0v) is 12.3. The number of carbonyl (C=O) groups excluding carboxylic acids is 1. The third-order valence-corrected chi connectivity index (χ3v) is 3.57. The minimum atomic E-state index is -0.0175. The number of aryl methyl sites for hydroxylation is 1. The summed E-state index contributed by atoms with van der Waals surface area (Å²) in [4.78, 5) is 19.3. The van der Waals surface area contributed by atoms with E-state index in [2.05, 4.69) is 15.3 Å². The first-order valence-electron chi connectivity index (χ1n) is 7.15. The van der Waals surface area contributed by atoms with Gasteiger partial charge in [-0.15, -0.1) is 0 Å². The van der Waals surface area contributed by atoms with Gasteiger partial charge in [-0.1, -0.05) is 36.4 Å². The maximum Gasteiger partial charge on any atom is 0.228 e. The smallest absolute Gasteiger partial charge is 0.228 e. The van der Waals surface area contributed by atoms with Crippen molar-refractivity contribution in [3.8, 4) is 11.3 Å². The number of hydrogen-bond donors (Lipinski definition) is 2. The average molecular weight is 291 g/mol. The molecule has 0 atom stereocenters. The Labute approximate surface area is 129 Å². The lowest BCUT2D eigenvalue weighted by atomic mass is 10.1. The van der Waals surface area contributed by atoms with Crippen LogP contribution in [0.3, 0.4) is 0 Å².